The molecule has 2 rings (SSSR count). The fourth-order valence-electron chi connectivity index (χ4n) is 1.18. The molecule has 0 radical (unpaired) electrons. The van der Waals surface area contributed by atoms with Gasteiger partial charge in [0.15, 0.2) is 5.82 Å². The van der Waals surface area contributed by atoms with E-state index in [-0.39, 0.29) is 18.4 Å². The van der Waals surface area contributed by atoms with E-state index in [1.165, 1.54) is 0 Å². The first-order valence-electron chi connectivity index (χ1n) is 3.97. The Labute approximate surface area is 82.3 Å². The van der Waals surface area contributed by atoms with Gasteiger partial charge in [0.25, 0.3) is 0 Å². The Kier molecular flexibility index (Phi) is 3.65. The van der Waals surface area contributed by atoms with E-state index in [1.54, 1.807) is 6.92 Å². The summed E-state index contributed by atoms with van der Waals surface area (Å²) >= 11 is 0. The molecule has 1 saturated heterocycles. The summed E-state index contributed by atoms with van der Waals surface area (Å²) in [6.45, 7) is 4.01. The van der Waals surface area contributed by atoms with Gasteiger partial charge in [-0.3, -0.25) is 0 Å². The normalized spacial score (nSPS) is 22.4. The first-order valence-corrected chi connectivity index (χ1v) is 3.97. The molecule has 0 aromatic carbocycles. The van der Waals surface area contributed by atoms with Gasteiger partial charge in [-0.2, -0.15) is 4.98 Å². The molecule has 0 aliphatic carbocycles. The molecular weight excluding hydrogens is 194 g/mol. The van der Waals surface area contributed by atoms with E-state index in [0.717, 1.165) is 13.2 Å². The lowest BCUT2D eigenvalue weighted by Crippen LogP contribution is -2.34. The summed E-state index contributed by atoms with van der Waals surface area (Å²) in [4.78, 5) is 4.11. The van der Waals surface area contributed by atoms with Crippen molar-refractivity contribution >= 4 is 12.4 Å². The molecule has 1 aliphatic rings. The van der Waals surface area contributed by atoms with Crippen molar-refractivity contribution in [2.45, 2.75) is 13.0 Å². The number of morpholine rings is 1. The standard InChI is InChI=1S/C7H11N3O2.ClH/c1-5-9-7(12-10-5)6-4-11-3-2-8-6;/h6,8H,2-4H2,1H3;1H. The molecule has 0 amide bonds. The highest BCUT2D eigenvalue weighted by Gasteiger charge is 2.20. The minimum absolute atomic E-state index is 0. The molecule has 0 spiro atoms. The molecule has 1 fully saturated rings. The smallest absolute Gasteiger partial charge is 0.246 e. The number of nitrogens with zero attached hydrogens (tertiary/aromatic N) is 2. The van der Waals surface area contributed by atoms with Crippen molar-refractivity contribution in [3.05, 3.63) is 11.7 Å². The molecule has 1 atom stereocenters. The summed E-state index contributed by atoms with van der Waals surface area (Å²) in [5, 5.41) is 6.94. The molecule has 1 aliphatic heterocycles. The summed E-state index contributed by atoms with van der Waals surface area (Å²) in [6.07, 6.45) is 0. The third-order valence-corrected chi connectivity index (χ3v) is 1.76. The molecule has 1 aromatic rings. The van der Waals surface area contributed by atoms with Gasteiger partial charge in [0.1, 0.15) is 6.04 Å². The Bertz CT molecular complexity index is 260. The quantitative estimate of drug-likeness (QED) is 0.722. The predicted octanol–water partition coefficient (Wildman–Crippen LogP) is 0.461. The molecule has 74 valence electrons. The maximum absolute atomic E-state index is 5.26. The van der Waals surface area contributed by atoms with Crippen LogP contribution >= 0.6 is 12.4 Å². The number of hydrogen-bond donors (Lipinski definition) is 1. The molecular formula is C7H12ClN3O2. The lowest BCUT2D eigenvalue weighted by molar-refractivity contribution is 0.0659. The topological polar surface area (TPSA) is 60.2 Å². The lowest BCUT2D eigenvalue weighted by Gasteiger charge is -2.20. The third kappa shape index (κ3) is 2.40. The molecule has 1 aromatic heterocycles. The highest BCUT2D eigenvalue weighted by atomic mass is 35.5. The van der Waals surface area contributed by atoms with E-state index in [2.05, 4.69) is 15.5 Å². The van der Waals surface area contributed by atoms with E-state index in [9.17, 15) is 0 Å². The average molecular weight is 206 g/mol. The van der Waals surface area contributed by atoms with Gasteiger partial charge in [0.05, 0.1) is 13.2 Å². The zero-order valence-corrected chi connectivity index (χ0v) is 8.13. The summed E-state index contributed by atoms with van der Waals surface area (Å²) in [5.74, 6) is 1.28. The third-order valence-electron chi connectivity index (χ3n) is 1.76. The van der Waals surface area contributed by atoms with Crippen LogP contribution in [0.5, 0.6) is 0 Å². The van der Waals surface area contributed by atoms with Crippen molar-refractivity contribution in [3.8, 4) is 0 Å². The Morgan fingerprint density at radius 3 is 2.92 bits per heavy atom. The molecule has 0 saturated carbocycles. The molecule has 5 nitrogen and oxygen atoms in total. The van der Waals surface area contributed by atoms with Gasteiger partial charge in [0.2, 0.25) is 5.89 Å². The maximum Gasteiger partial charge on any atom is 0.246 e. The van der Waals surface area contributed by atoms with Crippen molar-refractivity contribution in [1.29, 1.82) is 0 Å². The second-order valence-corrected chi connectivity index (χ2v) is 2.76. The van der Waals surface area contributed by atoms with E-state index in [1.807, 2.05) is 0 Å². The second kappa shape index (κ2) is 4.55. The van der Waals surface area contributed by atoms with E-state index < -0.39 is 0 Å². The number of rotatable bonds is 1. The van der Waals surface area contributed by atoms with Crippen LogP contribution in [-0.4, -0.2) is 29.9 Å². The van der Waals surface area contributed by atoms with E-state index in [0.29, 0.717) is 18.3 Å². The van der Waals surface area contributed by atoms with Crippen molar-refractivity contribution in [2.24, 2.45) is 0 Å². The van der Waals surface area contributed by atoms with E-state index in [4.69, 9.17) is 9.26 Å². The molecule has 0 bridgehead atoms. The Morgan fingerprint density at radius 1 is 1.54 bits per heavy atom. The van der Waals surface area contributed by atoms with Crippen LogP contribution in [0.4, 0.5) is 0 Å². The van der Waals surface area contributed by atoms with Crippen LogP contribution in [0, 0.1) is 6.92 Å². The number of nitrogens with one attached hydrogen (secondary N) is 1. The van der Waals surface area contributed by atoms with Gasteiger partial charge >= 0.3 is 0 Å². The van der Waals surface area contributed by atoms with Crippen LogP contribution in [0.25, 0.3) is 0 Å². The summed E-state index contributed by atoms with van der Waals surface area (Å²) in [6, 6.07) is 0.0694. The van der Waals surface area contributed by atoms with Gasteiger partial charge in [-0.15, -0.1) is 12.4 Å². The molecule has 13 heavy (non-hydrogen) atoms. The minimum atomic E-state index is 0. The van der Waals surface area contributed by atoms with Crippen LogP contribution < -0.4 is 5.32 Å². The van der Waals surface area contributed by atoms with Crippen molar-refractivity contribution in [1.82, 2.24) is 15.5 Å². The second-order valence-electron chi connectivity index (χ2n) is 2.76. The first-order chi connectivity index (χ1) is 5.86. The van der Waals surface area contributed by atoms with Crippen LogP contribution in [0.15, 0.2) is 4.52 Å². The zero-order chi connectivity index (χ0) is 8.39. The summed E-state index contributed by atoms with van der Waals surface area (Å²) in [5.41, 5.74) is 0. The number of hydrogen-bond acceptors (Lipinski definition) is 5. The molecule has 1 N–H and O–H groups in total. The summed E-state index contributed by atoms with van der Waals surface area (Å²) in [7, 11) is 0. The number of ether oxygens (including phenoxy) is 1. The highest BCUT2D eigenvalue weighted by molar-refractivity contribution is 5.85. The maximum atomic E-state index is 5.26. The largest absolute Gasteiger partial charge is 0.378 e. The van der Waals surface area contributed by atoms with Crippen LogP contribution in [-0.2, 0) is 4.74 Å². The average Bonchev–Trinajstić information content (AvgIpc) is 2.54. The molecule has 1 unspecified atom stereocenters. The van der Waals surface area contributed by atoms with Crippen molar-refractivity contribution in [3.63, 3.8) is 0 Å². The van der Waals surface area contributed by atoms with Crippen LogP contribution in [0.2, 0.25) is 0 Å². The van der Waals surface area contributed by atoms with E-state index >= 15 is 0 Å². The number of halogens is 1. The fourth-order valence-corrected chi connectivity index (χ4v) is 1.18. The SMILES string of the molecule is Cc1noc(C2COCCN2)n1.Cl. The predicted molar refractivity (Wildman–Crippen MR) is 47.8 cm³/mol. The molecule has 2 heterocycles. The van der Waals surface area contributed by atoms with Crippen LogP contribution in [0.3, 0.4) is 0 Å². The monoisotopic (exact) mass is 205 g/mol. The van der Waals surface area contributed by atoms with Gasteiger partial charge in [0, 0.05) is 6.54 Å². The lowest BCUT2D eigenvalue weighted by atomic mass is 10.3. The minimum Gasteiger partial charge on any atom is -0.378 e. The van der Waals surface area contributed by atoms with Gasteiger partial charge < -0.3 is 14.6 Å². The molecule has 6 heteroatoms. The highest BCUT2D eigenvalue weighted by Crippen LogP contribution is 2.12. The van der Waals surface area contributed by atoms with Gasteiger partial charge in [-0.25, -0.2) is 0 Å². The Balaban J connectivity index is 0.000000845. The fraction of sp³-hybridized carbons (Fsp3) is 0.714. The van der Waals surface area contributed by atoms with Crippen molar-refractivity contribution in [2.75, 3.05) is 19.8 Å². The number of aromatic nitrogens is 2. The van der Waals surface area contributed by atoms with Crippen molar-refractivity contribution < 1.29 is 9.26 Å². The summed E-state index contributed by atoms with van der Waals surface area (Å²) < 4.78 is 10.3. The first kappa shape index (κ1) is 10.4. The van der Waals surface area contributed by atoms with Crippen LogP contribution in [0.1, 0.15) is 17.8 Å². The number of aryl methyl sites for hydroxylation is 1. The van der Waals surface area contributed by atoms with Gasteiger partial charge in [-0.05, 0) is 6.92 Å². The van der Waals surface area contributed by atoms with Gasteiger partial charge in [-0.1, -0.05) is 5.16 Å². The zero-order valence-electron chi connectivity index (χ0n) is 7.32. The Morgan fingerprint density at radius 2 is 2.38 bits per heavy atom. The Hall–Kier alpha value is -0.650.